The SMILES string of the molecule is CCNc1ncc(F)c(Oc2cc(C#N)cc(OC)c2)n1. The van der Waals surface area contributed by atoms with Gasteiger partial charge in [-0.3, -0.25) is 0 Å². The molecule has 0 atom stereocenters. The second kappa shape index (κ2) is 6.52. The van der Waals surface area contributed by atoms with Gasteiger partial charge < -0.3 is 14.8 Å². The van der Waals surface area contributed by atoms with Gasteiger partial charge >= 0.3 is 0 Å². The average Bonchev–Trinajstić information content (AvgIpc) is 2.50. The van der Waals surface area contributed by atoms with Crippen LogP contribution in [0.4, 0.5) is 10.3 Å². The van der Waals surface area contributed by atoms with Crippen molar-refractivity contribution in [3.05, 3.63) is 35.8 Å². The van der Waals surface area contributed by atoms with Crippen molar-refractivity contribution in [1.82, 2.24) is 9.97 Å². The molecule has 1 aromatic heterocycles. The van der Waals surface area contributed by atoms with Gasteiger partial charge in [0, 0.05) is 12.6 Å². The Kier molecular flexibility index (Phi) is 4.51. The third-order valence-corrected chi connectivity index (χ3v) is 2.51. The summed E-state index contributed by atoms with van der Waals surface area (Å²) >= 11 is 0. The van der Waals surface area contributed by atoms with Crippen LogP contribution in [0.5, 0.6) is 17.4 Å². The number of anilines is 1. The Morgan fingerprint density at radius 1 is 1.33 bits per heavy atom. The summed E-state index contributed by atoms with van der Waals surface area (Å²) in [5.41, 5.74) is 0.339. The lowest BCUT2D eigenvalue weighted by Gasteiger charge is -2.09. The fraction of sp³-hybridized carbons (Fsp3) is 0.214. The third-order valence-electron chi connectivity index (χ3n) is 2.51. The molecule has 0 bridgehead atoms. The van der Waals surface area contributed by atoms with Gasteiger partial charge in [0.15, 0.2) is 0 Å². The molecule has 21 heavy (non-hydrogen) atoms. The molecule has 1 N–H and O–H groups in total. The molecular weight excluding hydrogens is 275 g/mol. The Morgan fingerprint density at radius 2 is 2.10 bits per heavy atom. The van der Waals surface area contributed by atoms with E-state index in [0.717, 1.165) is 6.20 Å². The number of halogens is 1. The van der Waals surface area contributed by atoms with Crippen molar-refractivity contribution in [1.29, 1.82) is 5.26 Å². The molecule has 0 amide bonds. The fourth-order valence-corrected chi connectivity index (χ4v) is 1.59. The number of hydrogen-bond acceptors (Lipinski definition) is 6. The monoisotopic (exact) mass is 288 g/mol. The quantitative estimate of drug-likeness (QED) is 0.911. The number of methoxy groups -OCH3 is 1. The fourth-order valence-electron chi connectivity index (χ4n) is 1.59. The minimum absolute atomic E-state index is 0.224. The first-order valence-corrected chi connectivity index (χ1v) is 6.19. The third kappa shape index (κ3) is 3.57. The molecule has 0 radical (unpaired) electrons. The predicted octanol–water partition coefficient (Wildman–Crippen LogP) is 2.72. The Hall–Kier alpha value is -2.88. The van der Waals surface area contributed by atoms with Crippen LogP contribution in [0.15, 0.2) is 24.4 Å². The molecule has 0 aliphatic carbocycles. The second-order valence-electron chi connectivity index (χ2n) is 3.99. The van der Waals surface area contributed by atoms with Crippen molar-refractivity contribution in [2.75, 3.05) is 19.0 Å². The lowest BCUT2D eigenvalue weighted by atomic mass is 10.2. The van der Waals surface area contributed by atoms with Gasteiger partial charge in [-0.25, -0.2) is 4.98 Å². The molecular formula is C14H13FN4O2. The van der Waals surface area contributed by atoms with E-state index in [1.807, 2.05) is 13.0 Å². The van der Waals surface area contributed by atoms with Crippen LogP contribution in [-0.4, -0.2) is 23.6 Å². The zero-order valence-electron chi connectivity index (χ0n) is 11.6. The van der Waals surface area contributed by atoms with Crippen molar-refractivity contribution < 1.29 is 13.9 Å². The maximum absolute atomic E-state index is 13.7. The largest absolute Gasteiger partial charge is 0.497 e. The van der Waals surface area contributed by atoms with Gasteiger partial charge in [-0.05, 0) is 19.1 Å². The van der Waals surface area contributed by atoms with Crippen molar-refractivity contribution >= 4 is 5.95 Å². The van der Waals surface area contributed by atoms with E-state index in [2.05, 4.69) is 15.3 Å². The minimum atomic E-state index is -0.696. The van der Waals surface area contributed by atoms with Crippen molar-refractivity contribution in [2.24, 2.45) is 0 Å². The highest BCUT2D eigenvalue weighted by Crippen LogP contribution is 2.27. The zero-order chi connectivity index (χ0) is 15.2. The normalized spacial score (nSPS) is 9.81. The average molecular weight is 288 g/mol. The van der Waals surface area contributed by atoms with E-state index in [1.54, 1.807) is 6.07 Å². The van der Waals surface area contributed by atoms with Crippen LogP contribution in [0.25, 0.3) is 0 Å². The van der Waals surface area contributed by atoms with E-state index >= 15 is 0 Å². The maximum atomic E-state index is 13.7. The Bertz CT molecular complexity index is 685. The van der Waals surface area contributed by atoms with Crippen LogP contribution >= 0.6 is 0 Å². The number of nitriles is 1. The van der Waals surface area contributed by atoms with Crippen LogP contribution in [0.3, 0.4) is 0 Å². The molecule has 2 rings (SSSR count). The van der Waals surface area contributed by atoms with Crippen LogP contribution < -0.4 is 14.8 Å². The van der Waals surface area contributed by atoms with Gasteiger partial charge in [0.05, 0.1) is 24.9 Å². The van der Waals surface area contributed by atoms with Crippen molar-refractivity contribution in [3.8, 4) is 23.4 Å². The molecule has 1 aromatic carbocycles. The molecule has 2 aromatic rings. The second-order valence-corrected chi connectivity index (χ2v) is 3.99. The summed E-state index contributed by atoms with van der Waals surface area (Å²) in [5.74, 6) is 0.0322. The Morgan fingerprint density at radius 3 is 2.76 bits per heavy atom. The number of aromatic nitrogens is 2. The molecule has 0 aliphatic heterocycles. The number of rotatable bonds is 5. The Balaban J connectivity index is 2.33. The number of hydrogen-bond donors (Lipinski definition) is 1. The van der Waals surface area contributed by atoms with Crippen LogP contribution in [0.1, 0.15) is 12.5 Å². The lowest BCUT2D eigenvalue weighted by Crippen LogP contribution is -2.04. The molecule has 108 valence electrons. The van der Waals surface area contributed by atoms with Gasteiger partial charge in [-0.15, -0.1) is 0 Å². The predicted molar refractivity (Wildman–Crippen MR) is 73.9 cm³/mol. The molecule has 0 fully saturated rings. The summed E-state index contributed by atoms with van der Waals surface area (Å²) in [7, 11) is 1.47. The van der Waals surface area contributed by atoms with Gasteiger partial charge in [0.25, 0.3) is 5.88 Å². The Labute approximate surface area is 121 Å². The highest BCUT2D eigenvalue weighted by atomic mass is 19.1. The van der Waals surface area contributed by atoms with E-state index in [0.29, 0.717) is 17.9 Å². The van der Waals surface area contributed by atoms with E-state index in [-0.39, 0.29) is 17.6 Å². The summed E-state index contributed by atoms with van der Waals surface area (Å²) < 4.78 is 24.1. The lowest BCUT2D eigenvalue weighted by molar-refractivity contribution is 0.399. The minimum Gasteiger partial charge on any atom is -0.497 e. The van der Waals surface area contributed by atoms with Crippen molar-refractivity contribution in [3.63, 3.8) is 0 Å². The molecule has 0 aliphatic rings. The van der Waals surface area contributed by atoms with E-state index in [9.17, 15) is 4.39 Å². The van der Waals surface area contributed by atoms with Gasteiger partial charge in [-0.2, -0.15) is 14.6 Å². The first kappa shape index (κ1) is 14.5. The summed E-state index contributed by atoms with van der Waals surface area (Å²) in [6.45, 7) is 2.47. The number of nitrogens with zero attached hydrogens (tertiary/aromatic N) is 3. The number of benzene rings is 1. The number of nitrogens with one attached hydrogen (secondary N) is 1. The zero-order valence-corrected chi connectivity index (χ0v) is 11.6. The standard InChI is InChI=1S/C14H13FN4O2/c1-3-17-14-18-8-12(15)13(19-14)21-11-5-9(7-16)4-10(6-11)20-2/h4-6,8H,3H2,1-2H3,(H,17,18,19). The summed E-state index contributed by atoms with van der Waals surface area (Å²) in [4.78, 5) is 7.71. The highest BCUT2D eigenvalue weighted by Gasteiger charge is 2.11. The highest BCUT2D eigenvalue weighted by molar-refractivity contribution is 5.45. The molecule has 6 nitrogen and oxygen atoms in total. The van der Waals surface area contributed by atoms with Crippen LogP contribution in [0.2, 0.25) is 0 Å². The molecule has 0 spiro atoms. The molecule has 0 saturated heterocycles. The van der Waals surface area contributed by atoms with Crippen molar-refractivity contribution in [2.45, 2.75) is 6.92 Å². The van der Waals surface area contributed by atoms with E-state index < -0.39 is 5.82 Å². The summed E-state index contributed by atoms with van der Waals surface area (Å²) in [6.07, 6.45) is 1.02. The molecule has 0 saturated carbocycles. The van der Waals surface area contributed by atoms with Crippen LogP contribution in [0, 0.1) is 17.1 Å². The number of ether oxygens (including phenoxy) is 2. The van der Waals surface area contributed by atoms with Gasteiger partial charge in [-0.1, -0.05) is 0 Å². The van der Waals surface area contributed by atoms with Crippen LogP contribution in [-0.2, 0) is 0 Å². The topological polar surface area (TPSA) is 80.1 Å². The first-order chi connectivity index (χ1) is 10.2. The summed E-state index contributed by atoms with van der Waals surface area (Å²) in [6, 6.07) is 6.53. The van der Waals surface area contributed by atoms with E-state index in [1.165, 1.54) is 19.2 Å². The van der Waals surface area contributed by atoms with Gasteiger partial charge in [0.1, 0.15) is 11.5 Å². The molecule has 0 unspecified atom stereocenters. The summed E-state index contributed by atoms with van der Waals surface area (Å²) in [5, 5.41) is 11.8. The molecule has 1 heterocycles. The van der Waals surface area contributed by atoms with Gasteiger partial charge in [0.2, 0.25) is 11.8 Å². The smallest absolute Gasteiger partial charge is 0.260 e. The maximum Gasteiger partial charge on any atom is 0.260 e. The first-order valence-electron chi connectivity index (χ1n) is 6.19. The molecule has 7 heteroatoms. The van der Waals surface area contributed by atoms with E-state index in [4.69, 9.17) is 14.7 Å².